The van der Waals surface area contributed by atoms with Gasteiger partial charge in [-0.25, -0.2) is 9.98 Å². The highest BCUT2D eigenvalue weighted by Gasteiger charge is 2.07. The van der Waals surface area contributed by atoms with Gasteiger partial charge in [0.1, 0.15) is 6.61 Å². The fourth-order valence-corrected chi connectivity index (χ4v) is 3.32. The second kappa shape index (κ2) is 14.4. The molecule has 2 aromatic rings. The van der Waals surface area contributed by atoms with Gasteiger partial charge >= 0.3 is 0 Å². The second-order valence-corrected chi connectivity index (χ2v) is 7.69. The smallest absolute Gasteiger partial charge is 0.213 e. The molecular weight excluding hydrogens is 386 g/mol. The molecule has 0 fully saturated rings. The maximum absolute atomic E-state index is 5.84. The van der Waals surface area contributed by atoms with Crippen molar-refractivity contribution in [3.8, 4) is 5.88 Å². The zero-order valence-electron chi connectivity index (χ0n) is 19.6. The highest BCUT2D eigenvalue weighted by atomic mass is 16.5. The second-order valence-electron chi connectivity index (χ2n) is 7.69. The van der Waals surface area contributed by atoms with Crippen molar-refractivity contribution in [3.63, 3.8) is 0 Å². The lowest BCUT2D eigenvalue weighted by Crippen LogP contribution is -2.42. The van der Waals surface area contributed by atoms with E-state index in [1.54, 1.807) is 6.20 Å². The van der Waals surface area contributed by atoms with Crippen LogP contribution in [0, 0.1) is 0 Å². The molecule has 2 rings (SSSR count). The molecule has 0 spiro atoms. The van der Waals surface area contributed by atoms with E-state index in [9.17, 15) is 0 Å². The van der Waals surface area contributed by atoms with Crippen LogP contribution in [-0.4, -0.2) is 48.1 Å². The zero-order chi connectivity index (χ0) is 22.3. The Morgan fingerprint density at radius 1 is 1.10 bits per heavy atom. The molecule has 0 aliphatic heterocycles. The number of hydrogen-bond donors (Lipinski definition) is 2. The number of hydrogen-bond acceptors (Lipinski definition) is 4. The normalized spacial score (nSPS) is 12.6. The van der Waals surface area contributed by atoms with Crippen molar-refractivity contribution in [2.24, 2.45) is 4.99 Å². The average molecular weight is 426 g/mol. The molecule has 6 nitrogen and oxygen atoms in total. The van der Waals surface area contributed by atoms with E-state index in [4.69, 9.17) is 9.73 Å². The number of aromatic nitrogens is 1. The van der Waals surface area contributed by atoms with E-state index in [-0.39, 0.29) is 0 Å². The van der Waals surface area contributed by atoms with Gasteiger partial charge in [0.05, 0.1) is 6.54 Å². The maximum atomic E-state index is 5.84. The quantitative estimate of drug-likeness (QED) is 0.372. The Morgan fingerprint density at radius 2 is 1.87 bits per heavy atom. The van der Waals surface area contributed by atoms with Crippen LogP contribution >= 0.6 is 0 Å². The molecule has 170 valence electrons. The van der Waals surface area contributed by atoms with Crippen LogP contribution in [0.15, 0.2) is 53.7 Å². The third-order valence-corrected chi connectivity index (χ3v) is 5.18. The first-order valence-corrected chi connectivity index (χ1v) is 11.5. The summed E-state index contributed by atoms with van der Waals surface area (Å²) in [5.41, 5.74) is 2.20. The number of rotatable bonds is 13. The number of guanidine groups is 1. The van der Waals surface area contributed by atoms with Crippen molar-refractivity contribution >= 4 is 5.96 Å². The fraction of sp³-hybridized carbons (Fsp3) is 0.520. The van der Waals surface area contributed by atoms with Crippen LogP contribution in [0.25, 0.3) is 0 Å². The van der Waals surface area contributed by atoms with E-state index in [0.717, 1.165) is 49.7 Å². The van der Waals surface area contributed by atoms with E-state index in [2.05, 4.69) is 48.2 Å². The molecule has 1 heterocycles. The summed E-state index contributed by atoms with van der Waals surface area (Å²) in [4.78, 5) is 11.5. The van der Waals surface area contributed by atoms with E-state index in [1.807, 2.05) is 42.5 Å². The molecule has 2 N–H and O–H groups in total. The first-order valence-electron chi connectivity index (χ1n) is 11.5. The monoisotopic (exact) mass is 425 g/mol. The van der Waals surface area contributed by atoms with Gasteiger partial charge in [0.25, 0.3) is 0 Å². The molecule has 0 radical (unpaired) electrons. The number of nitrogens with zero attached hydrogens (tertiary/aromatic N) is 3. The van der Waals surface area contributed by atoms with Crippen LogP contribution in [0.1, 0.15) is 51.7 Å². The predicted molar refractivity (Wildman–Crippen MR) is 129 cm³/mol. The Bertz CT molecular complexity index is 762. The number of pyridine rings is 1. The molecule has 0 aliphatic rings. The van der Waals surface area contributed by atoms with Crippen LogP contribution in [-0.2, 0) is 13.2 Å². The summed E-state index contributed by atoms with van der Waals surface area (Å²) in [5.74, 6) is 1.47. The lowest BCUT2D eigenvalue weighted by atomic mass is 10.2. The van der Waals surface area contributed by atoms with E-state index < -0.39 is 0 Å². The first kappa shape index (κ1) is 24.7. The third kappa shape index (κ3) is 9.83. The van der Waals surface area contributed by atoms with Crippen molar-refractivity contribution in [3.05, 3.63) is 59.8 Å². The Kier molecular flexibility index (Phi) is 11.5. The minimum Gasteiger partial charge on any atom is -0.473 e. The van der Waals surface area contributed by atoms with E-state index >= 15 is 0 Å². The fourth-order valence-electron chi connectivity index (χ4n) is 3.32. The van der Waals surface area contributed by atoms with Crippen molar-refractivity contribution in [1.82, 2.24) is 20.5 Å². The summed E-state index contributed by atoms with van der Waals surface area (Å²) in [6.07, 6.45) is 4.08. The minimum absolute atomic E-state index is 0.371. The van der Waals surface area contributed by atoms with Crippen LogP contribution in [0.2, 0.25) is 0 Å². The number of ether oxygens (including phenoxy) is 1. The number of benzene rings is 1. The first-order chi connectivity index (χ1) is 15.1. The van der Waals surface area contributed by atoms with Gasteiger partial charge in [0, 0.05) is 24.8 Å². The van der Waals surface area contributed by atoms with Gasteiger partial charge in [-0.05, 0) is 63.5 Å². The Labute approximate surface area is 188 Å². The van der Waals surface area contributed by atoms with Crippen molar-refractivity contribution in [1.29, 1.82) is 0 Å². The molecule has 1 aromatic carbocycles. The third-order valence-electron chi connectivity index (χ3n) is 5.18. The molecule has 0 aliphatic carbocycles. The van der Waals surface area contributed by atoms with E-state index in [1.165, 1.54) is 6.42 Å². The average Bonchev–Trinajstić information content (AvgIpc) is 2.80. The lowest BCUT2D eigenvalue weighted by Gasteiger charge is -2.21. The zero-order valence-corrected chi connectivity index (χ0v) is 19.6. The molecule has 0 amide bonds. The van der Waals surface area contributed by atoms with Gasteiger partial charge in [-0.15, -0.1) is 0 Å². The SMILES string of the molecule is CCNC(=NCc1ccnc(OCc2ccccc2)c1)NC(C)CCCN(CC)CC. The summed E-state index contributed by atoms with van der Waals surface area (Å²) in [6.45, 7) is 14.0. The van der Waals surface area contributed by atoms with Crippen LogP contribution in [0.5, 0.6) is 5.88 Å². The maximum Gasteiger partial charge on any atom is 0.213 e. The van der Waals surface area contributed by atoms with E-state index in [0.29, 0.717) is 25.1 Å². The van der Waals surface area contributed by atoms with Gasteiger partial charge in [-0.2, -0.15) is 0 Å². The number of nitrogens with one attached hydrogen (secondary N) is 2. The Hall–Kier alpha value is -2.60. The molecule has 0 saturated carbocycles. The largest absolute Gasteiger partial charge is 0.473 e. The highest BCUT2D eigenvalue weighted by Crippen LogP contribution is 2.12. The molecule has 6 heteroatoms. The molecule has 1 aromatic heterocycles. The van der Waals surface area contributed by atoms with Gasteiger partial charge < -0.3 is 20.3 Å². The molecular formula is C25H39N5O. The van der Waals surface area contributed by atoms with Crippen LogP contribution in [0.3, 0.4) is 0 Å². The molecule has 1 unspecified atom stereocenters. The summed E-state index contributed by atoms with van der Waals surface area (Å²) in [6, 6.07) is 14.4. The van der Waals surface area contributed by atoms with Crippen molar-refractivity contribution < 1.29 is 4.74 Å². The van der Waals surface area contributed by atoms with Crippen LogP contribution < -0.4 is 15.4 Å². The number of aliphatic imine (C=N–C) groups is 1. The minimum atomic E-state index is 0.371. The highest BCUT2D eigenvalue weighted by molar-refractivity contribution is 5.80. The topological polar surface area (TPSA) is 61.8 Å². The molecule has 1 atom stereocenters. The summed E-state index contributed by atoms with van der Waals surface area (Å²) >= 11 is 0. The van der Waals surface area contributed by atoms with Crippen molar-refractivity contribution in [2.75, 3.05) is 26.2 Å². The molecule has 31 heavy (non-hydrogen) atoms. The standard InChI is InChI=1S/C25H39N5O/c1-5-26-25(29-21(4)12-11-17-30(6-2)7-3)28-19-23-15-16-27-24(18-23)31-20-22-13-9-8-10-14-22/h8-10,13-16,18,21H,5-7,11-12,17,19-20H2,1-4H3,(H2,26,28,29). The summed E-state index contributed by atoms with van der Waals surface area (Å²) < 4.78 is 5.84. The molecule has 0 saturated heterocycles. The predicted octanol–water partition coefficient (Wildman–Crippen LogP) is 4.23. The lowest BCUT2D eigenvalue weighted by molar-refractivity contribution is 0.292. The molecule has 0 bridgehead atoms. The Balaban J connectivity index is 1.86. The summed E-state index contributed by atoms with van der Waals surface area (Å²) in [7, 11) is 0. The van der Waals surface area contributed by atoms with Gasteiger partial charge in [-0.3, -0.25) is 0 Å². The van der Waals surface area contributed by atoms with Crippen molar-refractivity contribution in [2.45, 2.75) is 59.7 Å². The van der Waals surface area contributed by atoms with Gasteiger partial charge in [0.2, 0.25) is 5.88 Å². The van der Waals surface area contributed by atoms with Gasteiger partial charge in [0.15, 0.2) is 5.96 Å². The summed E-state index contributed by atoms with van der Waals surface area (Å²) in [5, 5.41) is 6.88. The Morgan fingerprint density at radius 3 is 2.58 bits per heavy atom. The van der Waals surface area contributed by atoms with Crippen LogP contribution in [0.4, 0.5) is 0 Å². The van der Waals surface area contributed by atoms with Gasteiger partial charge in [-0.1, -0.05) is 44.2 Å².